The first-order chi connectivity index (χ1) is 13.6. The van der Waals surface area contributed by atoms with Gasteiger partial charge in [-0.15, -0.1) is 0 Å². The fourth-order valence-electron chi connectivity index (χ4n) is 3.57. The number of nitrogens with one attached hydrogen (secondary N) is 1. The monoisotopic (exact) mass is 384 g/mol. The average molecular weight is 384 g/mol. The summed E-state index contributed by atoms with van der Waals surface area (Å²) in [5.41, 5.74) is 0.829. The van der Waals surface area contributed by atoms with Gasteiger partial charge in [0.15, 0.2) is 0 Å². The highest BCUT2D eigenvalue weighted by molar-refractivity contribution is 5.83. The van der Waals surface area contributed by atoms with E-state index in [9.17, 15) is 9.18 Å². The zero-order valence-electron chi connectivity index (χ0n) is 16.0. The number of ether oxygens (including phenoxy) is 1. The topological polar surface area (TPSA) is 57.7 Å². The zero-order chi connectivity index (χ0) is 19.5. The standard InChI is InChI=1S/C21H25FN4O2/c1-28-18-8-9-19(23-14-18)25-10-12-26(13-11-25)20(21(27)24-17-6-7-17)15-2-4-16(22)5-3-15/h2-5,8-9,14,17,20H,6-7,10-13H2,1H3,(H,24,27). The Labute approximate surface area is 164 Å². The van der Waals surface area contributed by atoms with Crippen LogP contribution in [0.25, 0.3) is 0 Å². The van der Waals surface area contributed by atoms with Gasteiger partial charge in [0.05, 0.1) is 13.3 Å². The lowest BCUT2D eigenvalue weighted by Crippen LogP contribution is -2.51. The molecule has 148 valence electrons. The third-order valence-corrected chi connectivity index (χ3v) is 5.32. The first-order valence-corrected chi connectivity index (χ1v) is 9.69. The molecule has 2 fully saturated rings. The predicted octanol–water partition coefficient (Wildman–Crippen LogP) is 2.37. The summed E-state index contributed by atoms with van der Waals surface area (Å²) < 4.78 is 18.5. The van der Waals surface area contributed by atoms with Gasteiger partial charge in [0, 0.05) is 32.2 Å². The van der Waals surface area contributed by atoms with Gasteiger partial charge in [0.1, 0.15) is 23.4 Å². The predicted molar refractivity (Wildman–Crippen MR) is 105 cm³/mol. The van der Waals surface area contributed by atoms with Crippen LogP contribution in [0.1, 0.15) is 24.4 Å². The van der Waals surface area contributed by atoms with Crippen molar-refractivity contribution in [3.05, 3.63) is 54.0 Å². The Balaban J connectivity index is 1.46. The molecular weight excluding hydrogens is 359 g/mol. The molecule has 1 saturated carbocycles. The maximum absolute atomic E-state index is 13.4. The van der Waals surface area contributed by atoms with E-state index in [-0.39, 0.29) is 11.7 Å². The lowest BCUT2D eigenvalue weighted by atomic mass is 10.0. The highest BCUT2D eigenvalue weighted by atomic mass is 19.1. The van der Waals surface area contributed by atoms with Gasteiger partial charge in [-0.05, 0) is 42.7 Å². The number of anilines is 1. The van der Waals surface area contributed by atoms with Crippen molar-refractivity contribution in [1.29, 1.82) is 0 Å². The van der Waals surface area contributed by atoms with E-state index in [1.54, 1.807) is 25.4 Å². The molecule has 1 amide bonds. The first kappa shape index (κ1) is 18.7. The largest absolute Gasteiger partial charge is 0.495 e. The van der Waals surface area contributed by atoms with Gasteiger partial charge >= 0.3 is 0 Å². The Morgan fingerprint density at radius 3 is 2.43 bits per heavy atom. The smallest absolute Gasteiger partial charge is 0.242 e. The maximum Gasteiger partial charge on any atom is 0.242 e. The van der Waals surface area contributed by atoms with Gasteiger partial charge in [-0.3, -0.25) is 9.69 Å². The molecular formula is C21H25FN4O2. The Bertz CT molecular complexity index is 800. The van der Waals surface area contributed by atoms with Crippen LogP contribution in [-0.4, -0.2) is 55.1 Å². The number of piperazine rings is 1. The lowest BCUT2D eigenvalue weighted by molar-refractivity contribution is -0.127. The van der Waals surface area contributed by atoms with Gasteiger partial charge in [-0.25, -0.2) is 9.37 Å². The third-order valence-electron chi connectivity index (χ3n) is 5.32. The number of carbonyl (C=O) groups is 1. The number of hydrogen-bond donors (Lipinski definition) is 1. The van der Waals surface area contributed by atoms with Crippen LogP contribution in [0, 0.1) is 5.82 Å². The van der Waals surface area contributed by atoms with E-state index in [0.29, 0.717) is 6.04 Å². The molecule has 2 aliphatic rings. The molecule has 1 N–H and O–H groups in total. The number of pyridine rings is 1. The van der Waals surface area contributed by atoms with Crippen LogP contribution in [0.3, 0.4) is 0 Å². The number of hydrogen-bond acceptors (Lipinski definition) is 5. The molecule has 7 heteroatoms. The van der Waals surface area contributed by atoms with Crippen molar-refractivity contribution in [3.8, 4) is 5.75 Å². The van der Waals surface area contributed by atoms with Crippen molar-refractivity contribution in [3.63, 3.8) is 0 Å². The van der Waals surface area contributed by atoms with Crippen molar-refractivity contribution in [2.24, 2.45) is 0 Å². The summed E-state index contributed by atoms with van der Waals surface area (Å²) in [5, 5.41) is 3.11. The molecule has 1 aromatic carbocycles. The second-order valence-electron chi connectivity index (χ2n) is 7.32. The Morgan fingerprint density at radius 1 is 1.14 bits per heavy atom. The minimum atomic E-state index is -0.396. The summed E-state index contributed by atoms with van der Waals surface area (Å²) >= 11 is 0. The zero-order valence-corrected chi connectivity index (χ0v) is 16.0. The highest BCUT2D eigenvalue weighted by Gasteiger charge is 2.34. The second-order valence-corrected chi connectivity index (χ2v) is 7.32. The van der Waals surface area contributed by atoms with Crippen molar-refractivity contribution >= 4 is 11.7 Å². The number of nitrogens with zero attached hydrogens (tertiary/aromatic N) is 3. The van der Waals surface area contributed by atoms with E-state index in [1.165, 1.54) is 12.1 Å². The molecule has 1 aromatic heterocycles. The van der Waals surface area contributed by atoms with Gasteiger partial charge in [-0.2, -0.15) is 0 Å². The van der Waals surface area contributed by atoms with Gasteiger partial charge in [-0.1, -0.05) is 12.1 Å². The molecule has 2 aromatic rings. The third kappa shape index (κ3) is 4.25. The molecule has 1 aliphatic carbocycles. The van der Waals surface area contributed by atoms with Crippen LogP contribution in [0.5, 0.6) is 5.75 Å². The van der Waals surface area contributed by atoms with Crippen molar-refractivity contribution in [2.45, 2.75) is 24.9 Å². The van der Waals surface area contributed by atoms with E-state index in [2.05, 4.69) is 20.1 Å². The van der Waals surface area contributed by atoms with E-state index >= 15 is 0 Å². The summed E-state index contributed by atoms with van der Waals surface area (Å²) in [6.45, 7) is 3.00. The maximum atomic E-state index is 13.4. The van der Waals surface area contributed by atoms with Crippen molar-refractivity contribution < 1.29 is 13.9 Å². The normalized spacial score (nSPS) is 18.6. The van der Waals surface area contributed by atoms with Crippen molar-refractivity contribution in [1.82, 2.24) is 15.2 Å². The number of halogens is 1. The molecule has 0 radical (unpaired) electrons. The molecule has 4 rings (SSSR count). The number of methoxy groups -OCH3 is 1. The summed E-state index contributed by atoms with van der Waals surface area (Å²) in [6, 6.07) is 10.0. The molecule has 28 heavy (non-hydrogen) atoms. The van der Waals surface area contributed by atoms with Crippen LogP contribution in [0.2, 0.25) is 0 Å². The van der Waals surface area contributed by atoms with Crippen LogP contribution in [0.15, 0.2) is 42.6 Å². The number of carbonyl (C=O) groups excluding carboxylic acids is 1. The number of benzene rings is 1. The van der Waals surface area contributed by atoms with Gasteiger partial charge in [0.25, 0.3) is 0 Å². The molecule has 2 heterocycles. The van der Waals surface area contributed by atoms with Crippen molar-refractivity contribution in [2.75, 3.05) is 38.2 Å². The summed E-state index contributed by atoms with van der Waals surface area (Å²) in [5.74, 6) is 1.35. The van der Waals surface area contributed by atoms with E-state index in [1.807, 2.05) is 12.1 Å². The van der Waals surface area contributed by atoms with E-state index in [4.69, 9.17) is 4.74 Å². The van der Waals surface area contributed by atoms with Crippen LogP contribution in [0.4, 0.5) is 10.2 Å². The molecule has 1 saturated heterocycles. The van der Waals surface area contributed by atoms with E-state index in [0.717, 1.165) is 56.2 Å². The van der Waals surface area contributed by atoms with Crippen LogP contribution < -0.4 is 15.0 Å². The minimum Gasteiger partial charge on any atom is -0.495 e. The summed E-state index contributed by atoms with van der Waals surface area (Å²) in [7, 11) is 1.62. The summed E-state index contributed by atoms with van der Waals surface area (Å²) in [4.78, 5) is 21.7. The fraction of sp³-hybridized carbons (Fsp3) is 0.429. The molecule has 0 bridgehead atoms. The molecule has 0 spiro atoms. The SMILES string of the molecule is COc1ccc(N2CCN(C(C(=O)NC3CC3)c3ccc(F)cc3)CC2)nc1. The Morgan fingerprint density at radius 2 is 1.86 bits per heavy atom. The molecule has 1 atom stereocenters. The van der Waals surface area contributed by atoms with E-state index < -0.39 is 6.04 Å². The number of amides is 1. The van der Waals surface area contributed by atoms with Crippen LogP contribution in [-0.2, 0) is 4.79 Å². The Hall–Kier alpha value is -2.67. The molecule has 6 nitrogen and oxygen atoms in total. The number of rotatable bonds is 6. The Kier molecular flexibility index (Phi) is 5.43. The first-order valence-electron chi connectivity index (χ1n) is 9.69. The van der Waals surface area contributed by atoms with Crippen LogP contribution >= 0.6 is 0 Å². The minimum absolute atomic E-state index is 0.00475. The lowest BCUT2D eigenvalue weighted by Gasteiger charge is -2.39. The second kappa shape index (κ2) is 8.14. The average Bonchev–Trinajstić information content (AvgIpc) is 3.54. The fourth-order valence-corrected chi connectivity index (χ4v) is 3.57. The summed E-state index contributed by atoms with van der Waals surface area (Å²) in [6.07, 6.45) is 3.80. The quantitative estimate of drug-likeness (QED) is 0.829. The number of aromatic nitrogens is 1. The highest BCUT2D eigenvalue weighted by Crippen LogP contribution is 2.27. The van der Waals surface area contributed by atoms with Gasteiger partial charge in [0.2, 0.25) is 5.91 Å². The molecule has 1 aliphatic heterocycles. The molecule has 1 unspecified atom stereocenters. The van der Waals surface area contributed by atoms with Gasteiger partial charge < -0.3 is 15.0 Å².